The number of imide groups is 1. The van der Waals surface area contributed by atoms with Crippen molar-refractivity contribution >= 4 is 46.2 Å². The number of aromatic nitrogens is 3. The van der Waals surface area contributed by atoms with Gasteiger partial charge in [0.2, 0.25) is 11.8 Å². The van der Waals surface area contributed by atoms with Gasteiger partial charge in [-0.05, 0) is 42.0 Å². The number of halogens is 1. The Labute approximate surface area is 204 Å². The molecule has 4 heterocycles. The number of para-hydroxylation sites is 2. The smallest absolute Gasteiger partial charge is 0.272 e. The topological polar surface area (TPSA) is 88.4 Å². The van der Waals surface area contributed by atoms with Crippen molar-refractivity contribution in [1.29, 1.82) is 0 Å². The minimum atomic E-state index is -1.01. The van der Waals surface area contributed by atoms with Gasteiger partial charge in [0, 0.05) is 5.69 Å². The number of benzene rings is 3. The molecular formula is C27H18FN5O3. The van der Waals surface area contributed by atoms with Crippen LogP contribution in [0.1, 0.15) is 10.4 Å². The first-order valence-electron chi connectivity index (χ1n) is 11.6. The highest BCUT2D eigenvalue weighted by atomic mass is 19.1. The molecule has 1 aromatic heterocycles. The van der Waals surface area contributed by atoms with Gasteiger partial charge in [-0.15, -0.1) is 5.10 Å². The van der Waals surface area contributed by atoms with Gasteiger partial charge >= 0.3 is 0 Å². The summed E-state index contributed by atoms with van der Waals surface area (Å²) in [7, 11) is 0. The SMILES string of the molecule is O=C1[C@@H]2[C@H](C(=O)N1c1cccc(F)c1)[C@H](C(=O)n1nnc3ccccc31)N1c3ccccc3C=C[C@@H]21. The standard InChI is InChI=1S/C27H18FN5O3/c28-16-7-5-8-17(14-16)31-25(34)22-21-13-12-15-6-1-3-10-19(15)32(21)24(23(22)26(31)35)27(36)33-20-11-4-2-9-18(20)29-30-33/h1-14,21-24H/t21-,22-,23-,24+/m0/s1. The molecule has 36 heavy (non-hydrogen) atoms. The minimum Gasteiger partial charge on any atom is -0.351 e. The van der Waals surface area contributed by atoms with Crippen molar-refractivity contribution in [2.45, 2.75) is 12.1 Å². The van der Waals surface area contributed by atoms with E-state index in [-0.39, 0.29) is 5.69 Å². The van der Waals surface area contributed by atoms with E-state index in [1.807, 2.05) is 41.3 Å². The monoisotopic (exact) mass is 479 g/mol. The van der Waals surface area contributed by atoms with E-state index < -0.39 is 47.5 Å². The van der Waals surface area contributed by atoms with Crippen LogP contribution in [0.5, 0.6) is 0 Å². The summed E-state index contributed by atoms with van der Waals surface area (Å²) in [6.45, 7) is 0. The van der Waals surface area contributed by atoms with E-state index in [0.717, 1.165) is 22.2 Å². The Bertz CT molecular complexity index is 1630. The number of carbonyl (C=O) groups is 3. The quantitative estimate of drug-likeness (QED) is 0.410. The number of anilines is 2. The fraction of sp³-hybridized carbons (Fsp3) is 0.148. The molecule has 0 saturated carbocycles. The zero-order valence-electron chi connectivity index (χ0n) is 18.7. The van der Waals surface area contributed by atoms with Crippen LogP contribution >= 0.6 is 0 Å². The van der Waals surface area contributed by atoms with Gasteiger partial charge in [0.1, 0.15) is 17.4 Å². The highest BCUT2D eigenvalue weighted by Crippen LogP contribution is 2.49. The molecule has 3 aromatic carbocycles. The van der Waals surface area contributed by atoms with Gasteiger partial charge in [-0.25, -0.2) is 9.29 Å². The van der Waals surface area contributed by atoms with E-state index in [0.29, 0.717) is 11.0 Å². The number of fused-ring (bicyclic) bond motifs is 6. The van der Waals surface area contributed by atoms with Crippen molar-refractivity contribution in [1.82, 2.24) is 15.0 Å². The third kappa shape index (κ3) is 2.70. The Morgan fingerprint density at radius 3 is 2.53 bits per heavy atom. The van der Waals surface area contributed by atoms with Crippen LogP contribution in [-0.4, -0.2) is 44.8 Å². The molecule has 0 radical (unpaired) electrons. The summed E-state index contributed by atoms with van der Waals surface area (Å²) in [4.78, 5) is 44.6. The Hall–Kier alpha value is -4.66. The van der Waals surface area contributed by atoms with E-state index >= 15 is 0 Å². The fourth-order valence-corrected chi connectivity index (χ4v) is 5.82. The molecule has 0 spiro atoms. The molecule has 0 aliphatic carbocycles. The van der Waals surface area contributed by atoms with E-state index in [4.69, 9.17) is 0 Å². The summed E-state index contributed by atoms with van der Waals surface area (Å²) in [5, 5.41) is 8.20. The number of rotatable bonds is 2. The highest BCUT2D eigenvalue weighted by Gasteiger charge is 2.64. The molecule has 176 valence electrons. The Morgan fingerprint density at radius 2 is 1.67 bits per heavy atom. The normalized spacial score (nSPS) is 24.2. The second kappa shape index (κ2) is 7.42. The first-order chi connectivity index (χ1) is 17.5. The third-order valence-corrected chi connectivity index (χ3v) is 7.29. The summed E-state index contributed by atoms with van der Waals surface area (Å²) in [5.41, 5.74) is 2.87. The van der Waals surface area contributed by atoms with Crippen molar-refractivity contribution in [3.8, 4) is 0 Å². The molecule has 0 unspecified atom stereocenters. The Morgan fingerprint density at radius 1 is 0.889 bits per heavy atom. The summed E-state index contributed by atoms with van der Waals surface area (Å²) < 4.78 is 15.2. The maximum absolute atomic E-state index is 14.1. The number of carbonyl (C=O) groups excluding carboxylic acids is 3. The predicted octanol–water partition coefficient (Wildman–Crippen LogP) is 3.30. The number of nitrogens with zero attached hydrogens (tertiary/aromatic N) is 5. The molecule has 7 rings (SSSR count). The molecule has 0 N–H and O–H groups in total. The lowest BCUT2D eigenvalue weighted by Crippen LogP contribution is -2.50. The zero-order chi connectivity index (χ0) is 24.6. The highest BCUT2D eigenvalue weighted by molar-refractivity contribution is 6.25. The fourth-order valence-electron chi connectivity index (χ4n) is 5.82. The van der Waals surface area contributed by atoms with Crippen molar-refractivity contribution in [2.24, 2.45) is 11.8 Å². The number of hydrogen-bond acceptors (Lipinski definition) is 6. The molecule has 8 nitrogen and oxygen atoms in total. The van der Waals surface area contributed by atoms with Crippen molar-refractivity contribution < 1.29 is 18.8 Å². The van der Waals surface area contributed by atoms with Gasteiger partial charge in [0.15, 0.2) is 0 Å². The van der Waals surface area contributed by atoms with Crippen molar-refractivity contribution in [2.75, 3.05) is 9.80 Å². The number of amides is 2. The van der Waals surface area contributed by atoms with Crippen LogP contribution < -0.4 is 9.80 Å². The van der Waals surface area contributed by atoms with Crippen LogP contribution in [0.15, 0.2) is 78.9 Å². The molecule has 4 atom stereocenters. The first kappa shape index (κ1) is 20.7. The molecular weight excluding hydrogens is 461 g/mol. The van der Waals surface area contributed by atoms with Crippen LogP contribution in [0.2, 0.25) is 0 Å². The molecule has 4 aromatic rings. The Balaban J connectivity index is 1.40. The molecule has 0 bridgehead atoms. The lowest BCUT2D eigenvalue weighted by atomic mass is 9.88. The van der Waals surface area contributed by atoms with Crippen LogP contribution in [0.25, 0.3) is 17.1 Å². The van der Waals surface area contributed by atoms with Gasteiger partial charge in [-0.2, -0.15) is 4.68 Å². The van der Waals surface area contributed by atoms with Crippen LogP contribution in [-0.2, 0) is 9.59 Å². The molecule has 3 aliphatic heterocycles. The average molecular weight is 479 g/mol. The first-order valence-corrected chi connectivity index (χ1v) is 11.6. The Kier molecular flexibility index (Phi) is 4.26. The summed E-state index contributed by atoms with van der Waals surface area (Å²) in [6.07, 6.45) is 3.78. The summed E-state index contributed by atoms with van der Waals surface area (Å²) >= 11 is 0. The van der Waals surface area contributed by atoms with E-state index in [2.05, 4.69) is 10.3 Å². The second-order valence-corrected chi connectivity index (χ2v) is 9.13. The van der Waals surface area contributed by atoms with Crippen molar-refractivity contribution in [3.63, 3.8) is 0 Å². The molecule has 2 amide bonds. The van der Waals surface area contributed by atoms with Gasteiger partial charge in [-0.3, -0.25) is 14.4 Å². The second-order valence-electron chi connectivity index (χ2n) is 9.13. The zero-order valence-corrected chi connectivity index (χ0v) is 18.7. The summed E-state index contributed by atoms with van der Waals surface area (Å²) in [5.74, 6) is -3.77. The van der Waals surface area contributed by atoms with Crippen molar-refractivity contribution in [3.05, 3.63) is 90.3 Å². The maximum atomic E-state index is 14.1. The predicted molar refractivity (Wildman–Crippen MR) is 130 cm³/mol. The maximum Gasteiger partial charge on any atom is 0.272 e. The summed E-state index contributed by atoms with van der Waals surface area (Å²) in [6, 6.07) is 18.5. The lowest BCUT2D eigenvalue weighted by molar-refractivity contribution is -0.122. The molecule has 2 saturated heterocycles. The number of hydrogen-bond donors (Lipinski definition) is 0. The average Bonchev–Trinajstić information content (AvgIpc) is 3.55. The lowest BCUT2D eigenvalue weighted by Gasteiger charge is -2.36. The van der Waals surface area contributed by atoms with E-state index in [9.17, 15) is 18.8 Å². The molecule has 9 heteroatoms. The third-order valence-electron chi connectivity index (χ3n) is 7.29. The largest absolute Gasteiger partial charge is 0.351 e. The van der Waals surface area contributed by atoms with E-state index in [1.165, 1.54) is 22.9 Å². The van der Waals surface area contributed by atoms with Crippen LogP contribution in [0, 0.1) is 17.7 Å². The van der Waals surface area contributed by atoms with Gasteiger partial charge in [-0.1, -0.05) is 53.8 Å². The van der Waals surface area contributed by atoms with Gasteiger partial charge in [0.25, 0.3) is 5.91 Å². The van der Waals surface area contributed by atoms with Crippen LogP contribution in [0.3, 0.4) is 0 Å². The minimum absolute atomic E-state index is 0.156. The molecule has 2 fully saturated rings. The van der Waals surface area contributed by atoms with Crippen LogP contribution in [0.4, 0.5) is 15.8 Å². The molecule has 3 aliphatic rings. The van der Waals surface area contributed by atoms with Gasteiger partial charge < -0.3 is 4.90 Å². The van der Waals surface area contributed by atoms with Gasteiger partial charge in [0.05, 0.1) is 29.1 Å². The van der Waals surface area contributed by atoms with E-state index in [1.54, 1.807) is 24.3 Å².